The van der Waals surface area contributed by atoms with E-state index < -0.39 is 0 Å². The maximum atomic E-state index is 12.7. The number of benzene rings is 1. The maximum Gasteiger partial charge on any atom is 0.290 e. The lowest BCUT2D eigenvalue weighted by molar-refractivity contribution is 0.0944. The molecule has 6 heteroatoms. The van der Waals surface area contributed by atoms with Crippen LogP contribution in [-0.2, 0) is 6.42 Å². The van der Waals surface area contributed by atoms with E-state index in [-0.39, 0.29) is 23.5 Å². The van der Waals surface area contributed by atoms with Crippen LogP contribution < -0.4 is 5.32 Å². The van der Waals surface area contributed by atoms with Crippen LogP contribution in [0.15, 0.2) is 24.3 Å². The first-order valence-electron chi connectivity index (χ1n) is 6.51. The highest BCUT2D eigenvalue weighted by Crippen LogP contribution is 2.07. The van der Waals surface area contributed by atoms with Gasteiger partial charge in [0.25, 0.3) is 5.91 Å². The Labute approximate surface area is 116 Å². The molecule has 2 aromatic rings. The molecule has 0 atom stereocenters. The highest BCUT2D eigenvalue weighted by molar-refractivity contribution is 5.90. The summed E-state index contributed by atoms with van der Waals surface area (Å²) in [4.78, 5) is 15.9. The van der Waals surface area contributed by atoms with Crippen LogP contribution in [0.2, 0.25) is 0 Å². The zero-order valence-electron chi connectivity index (χ0n) is 11.5. The van der Waals surface area contributed by atoms with Gasteiger partial charge in [0.15, 0.2) is 0 Å². The molecule has 5 nitrogen and oxygen atoms in total. The summed E-state index contributed by atoms with van der Waals surface area (Å²) in [7, 11) is 0. The van der Waals surface area contributed by atoms with E-state index in [1.807, 2.05) is 13.8 Å². The summed E-state index contributed by atoms with van der Waals surface area (Å²) in [5.41, 5.74) is 0.963. The van der Waals surface area contributed by atoms with E-state index in [0.717, 1.165) is 5.56 Å². The van der Waals surface area contributed by atoms with Gasteiger partial charge in [-0.1, -0.05) is 26.0 Å². The fourth-order valence-corrected chi connectivity index (χ4v) is 1.68. The third-order valence-corrected chi connectivity index (χ3v) is 2.87. The summed E-state index contributed by atoms with van der Waals surface area (Å²) in [5.74, 6) is 0.458. The highest BCUT2D eigenvalue weighted by atomic mass is 19.1. The van der Waals surface area contributed by atoms with Gasteiger partial charge in [-0.3, -0.25) is 9.89 Å². The lowest BCUT2D eigenvalue weighted by Gasteiger charge is -2.03. The Morgan fingerprint density at radius 3 is 2.65 bits per heavy atom. The number of aromatic nitrogens is 3. The molecule has 1 amide bonds. The predicted octanol–water partition coefficient (Wildman–Crippen LogP) is 2.04. The SMILES string of the molecule is CC(C)c1nc(C(=O)NCCc2ccc(F)cc2)n[nH]1. The van der Waals surface area contributed by atoms with Crippen LogP contribution in [0.5, 0.6) is 0 Å². The molecule has 1 aromatic heterocycles. The van der Waals surface area contributed by atoms with Crippen molar-refractivity contribution in [1.82, 2.24) is 20.5 Å². The van der Waals surface area contributed by atoms with Gasteiger partial charge in [0.2, 0.25) is 5.82 Å². The Hall–Kier alpha value is -2.24. The normalized spacial score (nSPS) is 10.8. The average Bonchev–Trinajstić information content (AvgIpc) is 2.91. The molecular formula is C14H17FN4O. The Morgan fingerprint density at radius 1 is 1.35 bits per heavy atom. The van der Waals surface area contributed by atoms with Crippen molar-refractivity contribution in [2.24, 2.45) is 0 Å². The third kappa shape index (κ3) is 3.63. The Morgan fingerprint density at radius 2 is 2.05 bits per heavy atom. The number of nitrogens with zero attached hydrogens (tertiary/aromatic N) is 2. The number of nitrogens with one attached hydrogen (secondary N) is 2. The van der Waals surface area contributed by atoms with E-state index in [2.05, 4.69) is 20.5 Å². The minimum absolute atomic E-state index is 0.146. The molecule has 0 aliphatic rings. The van der Waals surface area contributed by atoms with Crippen molar-refractivity contribution in [2.75, 3.05) is 6.54 Å². The van der Waals surface area contributed by atoms with Gasteiger partial charge in [0.1, 0.15) is 11.6 Å². The molecule has 0 radical (unpaired) electrons. The fraction of sp³-hybridized carbons (Fsp3) is 0.357. The molecule has 0 spiro atoms. The third-order valence-electron chi connectivity index (χ3n) is 2.87. The minimum atomic E-state index is -0.310. The van der Waals surface area contributed by atoms with Crippen LogP contribution in [0.25, 0.3) is 0 Å². The number of carbonyl (C=O) groups is 1. The Kier molecular flexibility index (Phi) is 4.45. The number of rotatable bonds is 5. The van der Waals surface area contributed by atoms with Crippen molar-refractivity contribution in [3.63, 3.8) is 0 Å². The number of hydrogen-bond acceptors (Lipinski definition) is 3. The van der Waals surface area contributed by atoms with Gasteiger partial charge in [-0.05, 0) is 24.1 Å². The zero-order valence-corrected chi connectivity index (χ0v) is 11.5. The monoisotopic (exact) mass is 276 g/mol. The summed E-state index contributed by atoms with van der Waals surface area (Å²) in [6.45, 7) is 4.39. The van der Waals surface area contributed by atoms with Gasteiger partial charge < -0.3 is 5.32 Å². The largest absolute Gasteiger partial charge is 0.349 e. The number of carbonyl (C=O) groups excluding carboxylic acids is 1. The summed E-state index contributed by atoms with van der Waals surface area (Å²) in [6.07, 6.45) is 0.632. The van der Waals surface area contributed by atoms with E-state index in [0.29, 0.717) is 18.8 Å². The van der Waals surface area contributed by atoms with E-state index in [4.69, 9.17) is 0 Å². The molecule has 0 fully saturated rings. The molecule has 106 valence electrons. The molecular weight excluding hydrogens is 259 g/mol. The molecule has 1 heterocycles. The highest BCUT2D eigenvalue weighted by Gasteiger charge is 2.13. The van der Waals surface area contributed by atoms with Crippen LogP contribution in [-0.4, -0.2) is 27.6 Å². The minimum Gasteiger partial charge on any atom is -0.349 e. The van der Waals surface area contributed by atoms with Crippen molar-refractivity contribution in [3.8, 4) is 0 Å². The Balaban J connectivity index is 1.84. The smallest absolute Gasteiger partial charge is 0.290 e. The van der Waals surface area contributed by atoms with E-state index in [1.54, 1.807) is 12.1 Å². The van der Waals surface area contributed by atoms with E-state index >= 15 is 0 Å². The maximum absolute atomic E-state index is 12.7. The van der Waals surface area contributed by atoms with Gasteiger partial charge in [-0.15, -0.1) is 5.10 Å². The van der Waals surface area contributed by atoms with Gasteiger partial charge in [0.05, 0.1) is 0 Å². The summed E-state index contributed by atoms with van der Waals surface area (Å²) in [6, 6.07) is 6.21. The molecule has 2 N–H and O–H groups in total. The van der Waals surface area contributed by atoms with Gasteiger partial charge in [-0.25, -0.2) is 9.37 Å². The molecule has 0 aliphatic carbocycles. The van der Waals surface area contributed by atoms with Crippen molar-refractivity contribution in [2.45, 2.75) is 26.2 Å². The molecule has 0 saturated heterocycles. The molecule has 0 unspecified atom stereocenters. The number of halogens is 1. The van der Waals surface area contributed by atoms with Crippen LogP contribution in [0.4, 0.5) is 4.39 Å². The zero-order chi connectivity index (χ0) is 14.5. The van der Waals surface area contributed by atoms with Crippen molar-refractivity contribution < 1.29 is 9.18 Å². The van der Waals surface area contributed by atoms with Gasteiger partial charge >= 0.3 is 0 Å². The summed E-state index contributed by atoms with van der Waals surface area (Å²) < 4.78 is 12.7. The standard InChI is InChI=1S/C14H17FN4O/c1-9(2)12-17-13(19-18-12)14(20)16-8-7-10-3-5-11(15)6-4-10/h3-6,9H,7-8H2,1-2H3,(H,16,20)(H,17,18,19). The molecule has 20 heavy (non-hydrogen) atoms. The second-order valence-electron chi connectivity index (χ2n) is 4.83. The van der Waals surface area contributed by atoms with E-state index in [9.17, 15) is 9.18 Å². The van der Waals surface area contributed by atoms with Crippen molar-refractivity contribution in [3.05, 3.63) is 47.3 Å². The van der Waals surface area contributed by atoms with Crippen molar-refractivity contribution >= 4 is 5.91 Å². The molecule has 2 rings (SSSR count). The van der Waals surface area contributed by atoms with Crippen LogP contribution in [0.3, 0.4) is 0 Å². The van der Waals surface area contributed by atoms with Gasteiger partial charge in [0, 0.05) is 12.5 Å². The van der Waals surface area contributed by atoms with Crippen molar-refractivity contribution in [1.29, 1.82) is 0 Å². The first-order chi connectivity index (χ1) is 9.56. The van der Waals surface area contributed by atoms with E-state index in [1.165, 1.54) is 12.1 Å². The predicted molar refractivity (Wildman–Crippen MR) is 72.9 cm³/mol. The summed E-state index contributed by atoms with van der Waals surface area (Å²) >= 11 is 0. The molecule has 0 saturated carbocycles. The number of hydrogen-bond donors (Lipinski definition) is 2. The number of H-pyrrole nitrogens is 1. The van der Waals surface area contributed by atoms with Crippen LogP contribution >= 0.6 is 0 Å². The lowest BCUT2D eigenvalue weighted by atomic mass is 10.1. The number of aromatic amines is 1. The van der Waals surface area contributed by atoms with Crippen LogP contribution in [0, 0.1) is 5.82 Å². The topological polar surface area (TPSA) is 70.7 Å². The molecule has 0 bridgehead atoms. The lowest BCUT2D eigenvalue weighted by Crippen LogP contribution is -2.26. The number of amides is 1. The van der Waals surface area contributed by atoms with Crippen LogP contribution in [0.1, 0.15) is 41.8 Å². The first kappa shape index (κ1) is 14.2. The molecule has 1 aromatic carbocycles. The second kappa shape index (κ2) is 6.27. The quantitative estimate of drug-likeness (QED) is 0.878. The molecule has 0 aliphatic heterocycles. The van der Waals surface area contributed by atoms with Gasteiger partial charge in [-0.2, -0.15) is 0 Å². The Bertz CT molecular complexity index is 577. The summed E-state index contributed by atoms with van der Waals surface area (Å²) in [5, 5.41) is 9.35. The average molecular weight is 276 g/mol. The fourth-order valence-electron chi connectivity index (χ4n) is 1.68. The second-order valence-corrected chi connectivity index (χ2v) is 4.83. The first-order valence-corrected chi connectivity index (χ1v) is 6.51.